The molecule has 0 spiro atoms. The summed E-state index contributed by atoms with van der Waals surface area (Å²) in [5.74, 6) is 0.147. The van der Waals surface area contributed by atoms with Crippen molar-refractivity contribution < 1.29 is 9.21 Å². The van der Waals surface area contributed by atoms with Crippen molar-refractivity contribution in [3.63, 3.8) is 0 Å². The molecule has 0 fully saturated rings. The summed E-state index contributed by atoms with van der Waals surface area (Å²) < 4.78 is 5.54. The molecule has 1 aromatic carbocycles. The van der Waals surface area contributed by atoms with Crippen molar-refractivity contribution in [1.29, 1.82) is 0 Å². The molecule has 0 atom stereocenters. The maximum Gasteiger partial charge on any atom is 0.287 e. The summed E-state index contributed by atoms with van der Waals surface area (Å²) in [6.45, 7) is 2.55. The van der Waals surface area contributed by atoms with Crippen LogP contribution in [0, 0.1) is 6.92 Å². The highest BCUT2D eigenvalue weighted by Crippen LogP contribution is 2.20. The van der Waals surface area contributed by atoms with Crippen LogP contribution in [0.15, 0.2) is 41.2 Å². The van der Waals surface area contributed by atoms with E-state index in [1.165, 1.54) is 0 Å². The van der Waals surface area contributed by atoms with E-state index < -0.39 is 0 Å². The van der Waals surface area contributed by atoms with Gasteiger partial charge in [0.05, 0.1) is 6.33 Å². The van der Waals surface area contributed by atoms with Crippen LogP contribution in [0.25, 0.3) is 11.0 Å². The smallest absolute Gasteiger partial charge is 0.287 e. The highest BCUT2D eigenvalue weighted by Gasteiger charge is 2.11. The summed E-state index contributed by atoms with van der Waals surface area (Å²) in [4.78, 5) is 18.9. The molecule has 0 aliphatic heterocycles. The molecule has 3 aromatic rings. The van der Waals surface area contributed by atoms with Crippen molar-refractivity contribution in [2.24, 2.45) is 0 Å². The average molecular weight is 269 g/mol. The normalized spacial score (nSPS) is 10.8. The Morgan fingerprint density at radius 1 is 1.40 bits per heavy atom. The van der Waals surface area contributed by atoms with Gasteiger partial charge in [-0.25, -0.2) is 4.98 Å². The van der Waals surface area contributed by atoms with Gasteiger partial charge in [0.2, 0.25) is 0 Å². The number of hydrogen-bond donors (Lipinski definition) is 2. The number of imidazole rings is 1. The highest BCUT2D eigenvalue weighted by atomic mass is 16.3. The number of amides is 1. The lowest BCUT2D eigenvalue weighted by molar-refractivity contribution is 0.0928. The van der Waals surface area contributed by atoms with Crippen LogP contribution >= 0.6 is 0 Å². The van der Waals surface area contributed by atoms with Gasteiger partial charge in [0.25, 0.3) is 5.91 Å². The number of aromatic nitrogens is 2. The average Bonchev–Trinajstić information content (AvgIpc) is 3.06. The molecule has 0 aliphatic rings. The van der Waals surface area contributed by atoms with Crippen molar-refractivity contribution in [2.45, 2.75) is 13.3 Å². The zero-order valence-corrected chi connectivity index (χ0v) is 11.1. The van der Waals surface area contributed by atoms with Gasteiger partial charge in [-0.3, -0.25) is 4.79 Å². The van der Waals surface area contributed by atoms with Gasteiger partial charge in [-0.1, -0.05) is 11.6 Å². The van der Waals surface area contributed by atoms with Gasteiger partial charge in [0, 0.05) is 30.2 Å². The third kappa shape index (κ3) is 2.56. The van der Waals surface area contributed by atoms with E-state index in [0.29, 0.717) is 18.7 Å². The van der Waals surface area contributed by atoms with E-state index >= 15 is 0 Å². The van der Waals surface area contributed by atoms with Gasteiger partial charge in [-0.15, -0.1) is 0 Å². The Bertz CT molecular complexity index is 729. The molecule has 5 nitrogen and oxygen atoms in total. The number of carbonyl (C=O) groups is 1. The molecule has 1 amide bonds. The van der Waals surface area contributed by atoms with Gasteiger partial charge in [-0.2, -0.15) is 0 Å². The molecule has 2 aromatic heterocycles. The van der Waals surface area contributed by atoms with E-state index in [-0.39, 0.29) is 5.91 Å². The number of hydrogen-bond acceptors (Lipinski definition) is 3. The number of H-pyrrole nitrogens is 1. The molecule has 0 aliphatic carbocycles. The van der Waals surface area contributed by atoms with Crippen LogP contribution in [0.4, 0.5) is 0 Å². The predicted octanol–water partition coefficient (Wildman–Crippen LogP) is 2.44. The number of rotatable bonds is 4. The second kappa shape index (κ2) is 5.21. The van der Waals surface area contributed by atoms with Gasteiger partial charge >= 0.3 is 0 Å². The van der Waals surface area contributed by atoms with E-state index in [1.807, 2.05) is 25.1 Å². The van der Waals surface area contributed by atoms with E-state index in [4.69, 9.17) is 4.42 Å². The van der Waals surface area contributed by atoms with E-state index in [9.17, 15) is 4.79 Å². The Balaban J connectivity index is 1.66. The number of nitrogens with one attached hydrogen (secondary N) is 2. The van der Waals surface area contributed by atoms with Crippen LogP contribution < -0.4 is 5.32 Å². The van der Waals surface area contributed by atoms with Crippen LogP contribution in [0.5, 0.6) is 0 Å². The third-order valence-corrected chi connectivity index (χ3v) is 3.13. The Morgan fingerprint density at radius 2 is 2.30 bits per heavy atom. The minimum absolute atomic E-state index is 0.196. The molecule has 2 N–H and O–H groups in total. The molecular weight excluding hydrogens is 254 g/mol. The number of furan rings is 1. The summed E-state index contributed by atoms with van der Waals surface area (Å²) in [5.41, 5.74) is 2.87. The minimum Gasteiger partial charge on any atom is -0.451 e. The summed E-state index contributed by atoms with van der Waals surface area (Å²) in [6.07, 6.45) is 4.08. The number of aryl methyl sites for hydroxylation is 1. The van der Waals surface area contributed by atoms with Gasteiger partial charge in [0.15, 0.2) is 5.76 Å². The van der Waals surface area contributed by atoms with Gasteiger partial charge in [-0.05, 0) is 25.1 Å². The molecule has 2 heterocycles. The monoisotopic (exact) mass is 269 g/mol. The zero-order valence-electron chi connectivity index (χ0n) is 11.1. The molecular formula is C15H15N3O2. The van der Waals surface area contributed by atoms with E-state index in [1.54, 1.807) is 18.6 Å². The topological polar surface area (TPSA) is 70.9 Å². The van der Waals surface area contributed by atoms with Gasteiger partial charge in [0.1, 0.15) is 5.58 Å². The summed E-state index contributed by atoms with van der Waals surface area (Å²) in [7, 11) is 0. The molecule has 0 saturated heterocycles. The first-order chi connectivity index (χ1) is 9.72. The van der Waals surface area contributed by atoms with Gasteiger partial charge < -0.3 is 14.7 Å². The van der Waals surface area contributed by atoms with Crippen molar-refractivity contribution >= 4 is 16.9 Å². The second-order valence-corrected chi connectivity index (χ2v) is 4.73. The molecule has 20 heavy (non-hydrogen) atoms. The van der Waals surface area contributed by atoms with E-state index in [0.717, 1.165) is 22.2 Å². The Labute approximate surface area is 116 Å². The first kappa shape index (κ1) is 12.5. The van der Waals surface area contributed by atoms with Crippen molar-refractivity contribution in [3.05, 3.63) is 53.8 Å². The SMILES string of the molecule is Cc1ccc2oc(C(=O)NCCc3cnc[nH]3)cc2c1. The maximum absolute atomic E-state index is 12.0. The highest BCUT2D eigenvalue weighted by molar-refractivity contribution is 5.96. The number of nitrogens with zero attached hydrogens (tertiary/aromatic N) is 1. The van der Waals surface area contributed by atoms with Crippen molar-refractivity contribution in [1.82, 2.24) is 15.3 Å². The summed E-state index contributed by atoms with van der Waals surface area (Å²) >= 11 is 0. The molecule has 5 heteroatoms. The molecule has 0 saturated carbocycles. The third-order valence-electron chi connectivity index (χ3n) is 3.13. The van der Waals surface area contributed by atoms with Crippen LogP contribution in [0.1, 0.15) is 21.8 Å². The van der Waals surface area contributed by atoms with E-state index in [2.05, 4.69) is 15.3 Å². The summed E-state index contributed by atoms with van der Waals surface area (Å²) in [6, 6.07) is 7.62. The Hall–Kier alpha value is -2.56. The molecule has 0 bridgehead atoms. The number of fused-ring (bicyclic) bond motifs is 1. The fourth-order valence-corrected chi connectivity index (χ4v) is 2.09. The van der Waals surface area contributed by atoms with Crippen LogP contribution in [-0.2, 0) is 6.42 Å². The first-order valence-electron chi connectivity index (χ1n) is 6.48. The van der Waals surface area contributed by atoms with Crippen molar-refractivity contribution in [3.8, 4) is 0 Å². The minimum atomic E-state index is -0.196. The number of carbonyl (C=O) groups excluding carboxylic acids is 1. The lowest BCUT2D eigenvalue weighted by atomic mass is 10.2. The molecule has 3 rings (SSSR count). The number of benzene rings is 1. The zero-order chi connectivity index (χ0) is 13.9. The maximum atomic E-state index is 12.0. The molecule has 0 unspecified atom stereocenters. The fourth-order valence-electron chi connectivity index (χ4n) is 2.09. The van der Waals surface area contributed by atoms with Crippen LogP contribution in [0.2, 0.25) is 0 Å². The Morgan fingerprint density at radius 3 is 3.10 bits per heavy atom. The standard InChI is InChI=1S/C15H15N3O2/c1-10-2-3-13-11(6-10)7-14(20-13)15(19)17-5-4-12-8-16-9-18-12/h2-3,6-9H,4-5H2,1H3,(H,16,18)(H,17,19). The quantitative estimate of drug-likeness (QED) is 0.764. The van der Waals surface area contributed by atoms with Crippen LogP contribution in [-0.4, -0.2) is 22.4 Å². The van der Waals surface area contributed by atoms with Crippen LogP contribution in [0.3, 0.4) is 0 Å². The fraction of sp³-hybridized carbons (Fsp3) is 0.200. The van der Waals surface area contributed by atoms with Crippen molar-refractivity contribution in [2.75, 3.05) is 6.54 Å². The number of aromatic amines is 1. The predicted molar refractivity (Wildman–Crippen MR) is 75.6 cm³/mol. The lowest BCUT2D eigenvalue weighted by Gasteiger charge is -2.01. The molecule has 102 valence electrons. The molecule has 0 radical (unpaired) electrons. The summed E-state index contributed by atoms with van der Waals surface area (Å²) in [5, 5.41) is 3.78. The Kier molecular flexibility index (Phi) is 3.25. The lowest BCUT2D eigenvalue weighted by Crippen LogP contribution is -2.25. The largest absolute Gasteiger partial charge is 0.451 e. The first-order valence-corrected chi connectivity index (χ1v) is 6.48. The second-order valence-electron chi connectivity index (χ2n) is 4.73.